The Bertz CT molecular complexity index is 771. The number of benzene rings is 1. The van der Waals surface area contributed by atoms with Crippen LogP contribution >= 0.6 is 0 Å². The lowest BCUT2D eigenvalue weighted by Gasteiger charge is -2.09. The molecule has 0 amide bonds. The van der Waals surface area contributed by atoms with Gasteiger partial charge >= 0.3 is 5.97 Å². The number of ether oxygens (including phenoxy) is 1. The van der Waals surface area contributed by atoms with Crippen LogP contribution in [-0.2, 0) is 11.8 Å². The Morgan fingerprint density at radius 3 is 2.60 bits per heavy atom. The zero-order valence-electron chi connectivity index (χ0n) is 10.5. The Morgan fingerprint density at radius 2 is 2.00 bits per heavy atom. The van der Waals surface area contributed by atoms with Gasteiger partial charge in [0.2, 0.25) is 11.1 Å². The van der Waals surface area contributed by atoms with E-state index in [1.807, 2.05) is 0 Å². The predicted molar refractivity (Wildman–Crippen MR) is 62.8 cm³/mol. The highest BCUT2D eigenvalue weighted by Gasteiger charge is 2.23. The molecule has 0 spiro atoms. The average Bonchev–Trinajstić information content (AvgIpc) is 2.40. The fourth-order valence-corrected chi connectivity index (χ4v) is 1.78. The molecule has 106 valence electrons. The molecule has 2 aromatic rings. The van der Waals surface area contributed by atoms with Gasteiger partial charge in [0.15, 0.2) is 17.5 Å². The van der Waals surface area contributed by atoms with E-state index in [-0.39, 0.29) is 6.61 Å². The zero-order valence-corrected chi connectivity index (χ0v) is 10.5. The lowest BCUT2D eigenvalue weighted by molar-refractivity contribution is 0.0515. The summed E-state index contributed by atoms with van der Waals surface area (Å²) in [5.41, 5.74) is -2.16. The van der Waals surface area contributed by atoms with Gasteiger partial charge in [0.25, 0.3) is 0 Å². The molecule has 0 saturated heterocycles. The number of halogens is 3. The van der Waals surface area contributed by atoms with Gasteiger partial charge in [-0.2, -0.15) is 5.10 Å². The second-order valence-electron chi connectivity index (χ2n) is 3.90. The van der Waals surface area contributed by atoms with Crippen molar-refractivity contribution in [2.45, 2.75) is 6.92 Å². The smallest absolute Gasteiger partial charge is 0.362 e. The second kappa shape index (κ2) is 4.95. The number of hydrogen-bond donors (Lipinski definition) is 0. The highest BCUT2D eigenvalue weighted by molar-refractivity contribution is 5.91. The molecule has 0 radical (unpaired) electrons. The van der Waals surface area contributed by atoms with Crippen molar-refractivity contribution < 1.29 is 22.7 Å². The summed E-state index contributed by atoms with van der Waals surface area (Å²) in [4.78, 5) is 23.5. The standard InChI is InChI=1S/C12H9F3N2O3/c1-3-20-12(19)9-11(18)5-4-6(13)7(14)8(15)10(5)17(2)16-9/h4H,3H2,1-2H3. The molecule has 0 atom stereocenters. The van der Waals surface area contributed by atoms with Crippen molar-refractivity contribution in [3.8, 4) is 0 Å². The van der Waals surface area contributed by atoms with Crippen molar-refractivity contribution in [1.29, 1.82) is 0 Å². The molecule has 0 N–H and O–H groups in total. The Morgan fingerprint density at radius 1 is 1.35 bits per heavy atom. The largest absolute Gasteiger partial charge is 0.461 e. The van der Waals surface area contributed by atoms with Crippen LogP contribution in [0.25, 0.3) is 10.9 Å². The molecule has 20 heavy (non-hydrogen) atoms. The molecule has 8 heteroatoms. The molecule has 1 aromatic carbocycles. The maximum absolute atomic E-state index is 13.6. The molecule has 0 fully saturated rings. The van der Waals surface area contributed by atoms with E-state index in [1.54, 1.807) is 0 Å². The third-order valence-corrected chi connectivity index (χ3v) is 2.64. The summed E-state index contributed by atoms with van der Waals surface area (Å²) in [6.07, 6.45) is 0. The summed E-state index contributed by atoms with van der Waals surface area (Å²) in [5, 5.41) is 3.07. The van der Waals surface area contributed by atoms with Gasteiger partial charge in [-0.15, -0.1) is 0 Å². The topological polar surface area (TPSA) is 61.2 Å². The van der Waals surface area contributed by atoms with Crippen LogP contribution in [0.2, 0.25) is 0 Å². The number of carbonyl (C=O) groups is 1. The highest BCUT2D eigenvalue weighted by atomic mass is 19.2. The molecule has 1 aromatic heterocycles. The van der Waals surface area contributed by atoms with E-state index in [0.717, 1.165) is 4.68 Å². The summed E-state index contributed by atoms with van der Waals surface area (Å²) in [7, 11) is 1.20. The van der Waals surface area contributed by atoms with Crippen LogP contribution in [0.4, 0.5) is 13.2 Å². The Hall–Kier alpha value is -2.38. The molecule has 0 aliphatic carbocycles. The molecule has 0 aliphatic heterocycles. The van der Waals surface area contributed by atoms with E-state index in [2.05, 4.69) is 9.84 Å². The second-order valence-corrected chi connectivity index (χ2v) is 3.90. The van der Waals surface area contributed by atoms with Crippen molar-refractivity contribution in [3.63, 3.8) is 0 Å². The lowest BCUT2D eigenvalue weighted by Crippen LogP contribution is -2.24. The quantitative estimate of drug-likeness (QED) is 0.620. The summed E-state index contributed by atoms with van der Waals surface area (Å²) < 4.78 is 45.4. The van der Waals surface area contributed by atoms with Gasteiger partial charge in [-0.1, -0.05) is 0 Å². The third kappa shape index (κ3) is 2.02. The number of fused-ring (bicyclic) bond motifs is 1. The predicted octanol–water partition coefficient (Wildman–Crippen LogP) is 1.53. The van der Waals surface area contributed by atoms with Gasteiger partial charge in [-0.25, -0.2) is 18.0 Å². The minimum absolute atomic E-state index is 0.00778. The molecular formula is C12H9F3N2O3. The summed E-state index contributed by atoms with van der Waals surface area (Å²) in [5.74, 6) is -5.78. The van der Waals surface area contributed by atoms with E-state index in [4.69, 9.17) is 0 Å². The molecule has 0 bridgehead atoms. The number of nitrogens with zero attached hydrogens (tertiary/aromatic N) is 2. The first-order valence-electron chi connectivity index (χ1n) is 5.60. The van der Waals surface area contributed by atoms with Crippen LogP contribution < -0.4 is 5.43 Å². The van der Waals surface area contributed by atoms with Gasteiger partial charge in [0.05, 0.1) is 12.0 Å². The number of aromatic nitrogens is 2. The maximum Gasteiger partial charge on any atom is 0.362 e. The molecule has 1 heterocycles. The van der Waals surface area contributed by atoms with Crippen LogP contribution in [0.15, 0.2) is 10.9 Å². The molecular weight excluding hydrogens is 277 g/mol. The fourth-order valence-electron chi connectivity index (χ4n) is 1.78. The van der Waals surface area contributed by atoms with Crippen LogP contribution in [-0.4, -0.2) is 22.4 Å². The number of aryl methyl sites for hydroxylation is 1. The van der Waals surface area contributed by atoms with Gasteiger partial charge in [-0.3, -0.25) is 9.48 Å². The molecule has 0 aliphatic rings. The first-order valence-corrected chi connectivity index (χ1v) is 5.60. The number of rotatable bonds is 2. The van der Waals surface area contributed by atoms with Crippen LogP contribution in [0.3, 0.4) is 0 Å². The van der Waals surface area contributed by atoms with E-state index >= 15 is 0 Å². The Balaban J connectivity index is 2.87. The molecule has 0 saturated carbocycles. The third-order valence-electron chi connectivity index (χ3n) is 2.64. The zero-order chi connectivity index (χ0) is 15.0. The van der Waals surface area contributed by atoms with E-state index in [1.165, 1.54) is 14.0 Å². The number of carbonyl (C=O) groups excluding carboxylic acids is 1. The van der Waals surface area contributed by atoms with Crippen LogP contribution in [0.5, 0.6) is 0 Å². The fraction of sp³-hybridized carbons (Fsp3) is 0.250. The Kier molecular flexibility index (Phi) is 3.47. The van der Waals surface area contributed by atoms with Crippen molar-refractivity contribution in [1.82, 2.24) is 9.78 Å². The monoisotopic (exact) mass is 286 g/mol. The Labute approximate surface area is 110 Å². The summed E-state index contributed by atoms with van der Waals surface area (Å²) in [6.45, 7) is 1.53. The van der Waals surface area contributed by atoms with Gasteiger partial charge in [0, 0.05) is 7.05 Å². The van der Waals surface area contributed by atoms with Gasteiger partial charge in [-0.05, 0) is 13.0 Å². The SMILES string of the molecule is CCOC(=O)c1nn(C)c2c(F)c(F)c(F)cc2c1=O. The minimum Gasteiger partial charge on any atom is -0.461 e. The number of hydrogen-bond acceptors (Lipinski definition) is 4. The van der Waals surface area contributed by atoms with Gasteiger partial charge < -0.3 is 4.74 Å². The molecule has 5 nitrogen and oxygen atoms in total. The van der Waals surface area contributed by atoms with E-state index in [0.29, 0.717) is 6.07 Å². The van der Waals surface area contributed by atoms with E-state index in [9.17, 15) is 22.8 Å². The van der Waals surface area contributed by atoms with E-state index < -0.39 is 45.4 Å². The van der Waals surface area contributed by atoms with Crippen molar-refractivity contribution in [2.24, 2.45) is 7.05 Å². The lowest BCUT2D eigenvalue weighted by atomic mass is 10.1. The first kappa shape index (κ1) is 14.0. The average molecular weight is 286 g/mol. The molecule has 0 unspecified atom stereocenters. The first-order chi connectivity index (χ1) is 9.38. The minimum atomic E-state index is -1.71. The van der Waals surface area contributed by atoms with Crippen molar-refractivity contribution in [2.75, 3.05) is 6.61 Å². The summed E-state index contributed by atoms with van der Waals surface area (Å²) in [6, 6.07) is 0.528. The normalized spacial score (nSPS) is 10.8. The van der Waals surface area contributed by atoms with Gasteiger partial charge in [0.1, 0.15) is 5.52 Å². The van der Waals surface area contributed by atoms with Crippen molar-refractivity contribution >= 4 is 16.9 Å². The summed E-state index contributed by atoms with van der Waals surface area (Å²) >= 11 is 0. The van der Waals surface area contributed by atoms with Crippen LogP contribution in [0, 0.1) is 17.5 Å². The number of esters is 1. The van der Waals surface area contributed by atoms with Crippen LogP contribution in [0.1, 0.15) is 17.4 Å². The van der Waals surface area contributed by atoms with Crippen molar-refractivity contribution in [3.05, 3.63) is 39.4 Å². The highest BCUT2D eigenvalue weighted by Crippen LogP contribution is 2.20. The maximum atomic E-state index is 13.6. The molecule has 2 rings (SSSR count).